The van der Waals surface area contributed by atoms with E-state index >= 15 is 0 Å². The molecule has 0 aliphatic carbocycles. The van der Waals surface area contributed by atoms with Gasteiger partial charge in [-0.15, -0.1) is 13.2 Å². The third-order valence-corrected chi connectivity index (χ3v) is 2.69. The molecule has 6 nitrogen and oxygen atoms in total. The highest BCUT2D eigenvalue weighted by molar-refractivity contribution is 5.94. The number of nitrogens with zero attached hydrogens (tertiary/aromatic N) is 3. The van der Waals surface area contributed by atoms with E-state index in [4.69, 9.17) is 11.5 Å². The van der Waals surface area contributed by atoms with E-state index in [1.165, 1.54) is 12.1 Å². The van der Waals surface area contributed by atoms with Crippen molar-refractivity contribution in [1.82, 2.24) is 4.90 Å². The molecule has 4 N–H and O–H groups in total. The molecule has 1 aromatic rings. The van der Waals surface area contributed by atoms with Crippen molar-refractivity contribution in [3.63, 3.8) is 0 Å². The molecule has 0 saturated heterocycles. The largest absolute Gasteiger partial charge is 0.573 e. The van der Waals surface area contributed by atoms with E-state index in [-0.39, 0.29) is 17.7 Å². The van der Waals surface area contributed by atoms with Crippen molar-refractivity contribution >= 4 is 17.6 Å². The van der Waals surface area contributed by atoms with E-state index in [0.29, 0.717) is 18.8 Å². The number of halogens is 3. The number of alkyl halides is 3. The Morgan fingerprint density at radius 3 is 2.23 bits per heavy atom. The Morgan fingerprint density at radius 2 is 1.68 bits per heavy atom. The Labute approximate surface area is 124 Å². The average Bonchev–Trinajstić information content (AvgIpc) is 2.93. The van der Waals surface area contributed by atoms with Crippen LogP contribution in [0.5, 0.6) is 5.75 Å². The summed E-state index contributed by atoms with van der Waals surface area (Å²) in [5.41, 5.74) is 11.7. The lowest BCUT2D eigenvalue weighted by atomic mass is 10.3. The standard InChI is InChI=1S/C13H14F3N5O/c14-13(15,16)22-10-5-3-9(4-6-10)19-11(17)20-12(18)21-7-1-2-8-21/h1-6H,7-8H2,(H4,17,18,19,20). The first-order valence-corrected chi connectivity index (χ1v) is 6.27. The van der Waals surface area contributed by atoms with Gasteiger partial charge in [0.2, 0.25) is 5.96 Å². The molecule has 118 valence electrons. The Hall–Kier alpha value is -2.71. The fraction of sp³-hybridized carbons (Fsp3) is 0.231. The third kappa shape index (κ3) is 4.69. The quantitative estimate of drug-likeness (QED) is 0.494. The smallest absolute Gasteiger partial charge is 0.406 e. The average molecular weight is 313 g/mol. The highest BCUT2D eigenvalue weighted by atomic mass is 19.4. The third-order valence-electron chi connectivity index (χ3n) is 2.69. The monoisotopic (exact) mass is 313 g/mol. The Morgan fingerprint density at radius 1 is 1.09 bits per heavy atom. The molecule has 0 spiro atoms. The fourth-order valence-corrected chi connectivity index (χ4v) is 1.73. The van der Waals surface area contributed by atoms with Crippen molar-refractivity contribution < 1.29 is 17.9 Å². The van der Waals surface area contributed by atoms with Crippen molar-refractivity contribution in [1.29, 1.82) is 0 Å². The van der Waals surface area contributed by atoms with Gasteiger partial charge in [0, 0.05) is 13.1 Å². The van der Waals surface area contributed by atoms with Gasteiger partial charge in [-0.3, -0.25) is 0 Å². The van der Waals surface area contributed by atoms with Crippen LogP contribution in [0.25, 0.3) is 0 Å². The summed E-state index contributed by atoms with van der Waals surface area (Å²) in [5, 5.41) is 0. The van der Waals surface area contributed by atoms with Gasteiger partial charge in [-0.2, -0.15) is 4.99 Å². The maximum atomic E-state index is 12.0. The molecular weight excluding hydrogens is 299 g/mol. The van der Waals surface area contributed by atoms with Crippen molar-refractivity contribution in [2.45, 2.75) is 6.36 Å². The van der Waals surface area contributed by atoms with Crippen LogP contribution in [0.3, 0.4) is 0 Å². The highest BCUT2D eigenvalue weighted by Crippen LogP contribution is 2.24. The van der Waals surface area contributed by atoms with Gasteiger partial charge < -0.3 is 21.1 Å². The van der Waals surface area contributed by atoms with Gasteiger partial charge in [-0.25, -0.2) is 4.99 Å². The lowest BCUT2D eigenvalue weighted by molar-refractivity contribution is -0.274. The summed E-state index contributed by atoms with van der Waals surface area (Å²) in [6.45, 7) is 1.29. The lowest BCUT2D eigenvalue weighted by Gasteiger charge is -2.15. The Balaban J connectivity index is 2.03. The predicted octanol–water partition coefficient (Wildman–Crippen LogP) is 1.72. The number of nitrogens with two attached hydrogens (primary N) is 2. The molecule has 0 bridgehead atoms. The Bertz CT molecular complexity index is 599. The summed E-state index contributed by atoms with van der Waals surface area (Å²) >= 11 is 0. The number of rotatable bonds is 2. The summed E-state index contributed by atoms with van der Waals surface area (Å²) < 4.78 is 39.8. The van der Waals surface area contributed by atoms with E-state index in [9.17, 15) is 13.2 Å². The van der Waals surface area contributed by atoms with E-state index < -0.39 is 6.36 Å². The van der Waals surface area contributed by atoms with Crippen LogP contribution in [-0.2, 0) is 0 Å². The molecule has 2 rings (SSSR count). The van der Waals surface area contributed by atoms with Gasteiger partial charge in [0.1, 0.15) is 5.75 Å². The highest BCUT2D eigenvalue weighted by Gasteiger charge is 2.30. The first kappa shape index (κ1) is 15.7. The minimum absolute atomic E-state index is 0.0890. The molecule has 0 atom stereocenters. The van der Waals surface area contributed by atoms with Crippen LogP contribution in [0.4, 0.5) is 18.9 Å². The first-order chi connectivity index (χ1) is 10.3. The molecule has 22 heavy (non-hydrogen) atoms. The summed E-state index contributed by atoms with van der Waals surface area (Å²) in [4.78, 5) is 9.66. The second-order valence-corrected chi connectivity index (χ2v) is 4.36. The molecule has 1 heterocycles. The van der Waals surface area contributed by atoms with Crippen LogP contribution in [0, 0.1) is 0 Å². The molecular formula is C13H14F3N5O. The summed E-state index contributed by atoms with van der Waals surface area (Å²) in [5.74, 6) is -0.201. The second kappa shape index (κ2) is 6.37. The van der Waals surface area contributed by atoms with Crippen LogP contribution in [-0.4, -0.2) is 36.3 Å². The van der Waals surface area contributed by atoms with Crippen molar-refractivity contribution in [3.05, 3.63) is 36.4 Å². The van der Waals surface area contributed by atoms with Gasteiger partial charge >= 0.3 is 6.36 Å². The summed E-state index contributed by atoms with van der Waals surface area (Å²) in [7, 11) is 0. The van der Waals surface area contributed by atoms with Crippen LogP contribution < -0.4 is 16.2 Å². The lowest BCUT2D eigenvalue weighted by Crippen LogP contribution is -2.36. The van der Waals surface area contributed by atoms with Gasteiger partial charge in [-0.05, 0) is 24.3 Å². The molecule has 0 unspecified atom stereocenters. The maximum absolute atomic E-state index is 12.0. The number of ether oxygens (including phenoxy) is 1. The molecule has 0 radical (unpaired) electrons. The molecule has 1 aliphatic heterocycles. The van der Waals surface area contributed by atoms with Gasteiger partial charge in [0.05, 0.1) is 5.69 Å². The van der Waals surface area contributed by atoms with E-state index in [1.54, 1.807) is 4.90 Å². The van der Waals surface area contributed by atoms with Gasteiger partial charge in [0.25, 0.3) is 0 Å². The Kier molecular flexibility index (Phi) is 4.54. The van der Waals surface area contributed by atoms with E-state index in [1.807, 2.05) is 12.2 Å². The zero-order chi connectivity index (χ0) is 16.2. The predicted molar refractivity (Wildman–Crippen MR) is 76.7 cm³/mol. The molecule has 1 aromatic carbocycles. The van der Waals surface area contributed by atoms with Crippen LogP contribution in [0.1, 0.15) is 0 Å². The van der Waals surface area contributed by atoms with Crippen molar-refractivity contribution in [2.24, 2.45) is 21.5 Å². The van der Waals surface area contributed by atoms with Crippen LogP contribution in [0.2, 0.25) is 0 Å². The zero-order valence-corrected chi connectivity index (χ0v) is 11.4. The molecule has 9 heteroatoms. The molecule has 0 saturated carbocycles. The molecule has 0 amide bonds. The van der Waals surface area contributed by atoms with Gasteiger partial charge in [-0.1, -0.05) is 12.2 Å². The van der Waals surface area contributed by atoms with Crippen molar-refractivity contribution in [3.8, 4) is 5.75 Å². The normalized spacial score (nSPS) is 16.2. The van der Waals surface area contributed by atoms with Crippen LogP contribution >= 0.6 is 0 Å². The van der Waals surface area contributed by atoms with Crippen LogP contribution in [0.15, 0.2) is 46.4 Å². The molecule has 1 aliphatic rings. The van der Waals surface area contributed by atoms with E-state index in [2.05, 4.69) is 14.7 Å². The molecule has 0 aromatic heterocycles. The number of hydrogen-bond acceptors (Lipinski definition) is 2. The number of benzene rings is 1. The van der Waals surface area contributed by atoms with Crippen molar-refractivity contribution in [2.75, 3.05) is 13.1 Å². The van der Waals surface area contributed by atoms with E-state index in [0.717, 1.165) is 12.1 Å². The topological polar surface area (TPSA) is 89.2 Å². The SMILES string of the molecule is NC(=Nc1ccc(OC(F)(F)F)cc1)N=C(N)N1CC=CC1. The summed E-state index contributed by atoms with van der Waals surface area (Å²) in [6.07, 6.45) is -0.851. The number of guanidine groups is 2. The molecule has 0 fully saturated rings. The minimum Gasteiger partial charge on any atom is -0.406 e. The second-order valence-electron chi connectivity index (χ2n) is 4.36. The first-order valence-electron chi connectivity index (χ1n) is 6.27. The zero-order valence-electron chi connectivity index (χ0n) is 11.4. The maximum Gasteiger partial charge on any atom is 0.573 e. The fourth-order valence-electron chi connectivity index (χ4n) is 1.73. The van der Waals surface area contributed by atoms with Gasteiger partial charge in [0.15, 0.2) is 5.96 Å². The summed E-state index contributed by atoms with van der Waals surface area (Å²) in [6, 6.07) is 4.93. The number of aliphatic imine (C=N–C) groups is 2. The minimum atomic E-state index is -4.73. The number of hydrogen-bond donors (Lipinski definition) is 2.